The van der Waals surface area contributed by atoms with Gasteiger partial charge in [0.15, 0.2) is 0 Å². The number of benzene rings is 2. The highest BCUT2D eigenvalue weighted by Crippen LogP contribution is 2.37. The van der Waals surface area contributed by atoms with Crippen LogP contribution in [0.4, 0.5) is 5.69 Å². The third-order valence-electron chi connectivity index (χ3n) is 3.45. The molecule has 0 aliphatic rings. The molecular weight excluding hydrogens is 338 g/mol. The summed E-state index contributed by atoms with van der Waals surface area (Å²) in [6.45, 7) is 1.93. The molecule has 0 radical (unpaired) electrons. The number of rotatable bonds is 6. The maximum atomic E-state index is 11.5. The van der Waals surface area contributed by atoms with Gasteiger partial charge in [-0.05, 0) is 43.3 Å². The van der Waals surface area contributed by atoms with Crippen LogP contribution in [0.5, 0.6) is 29.0 Å². The zero-order valence-electron chi connectivity index (χ0n) is 14.1. The third kappa shape index (κ3) is 3.86. The average Bonchev–Trinajstić information content (AvgIpc) is 2.64. The molecule has 8 heteroatoms. The maximum Gasteiger partial charge on any atom is 0.393 e. The van der Waals surface area contributed by atoms with Crippen molar-refractivity contribution in [2.24, 2.45) is 0 Å². The molecule has 0 fully saturated rings. The number of aryl methyl sites for hydroxylation is 1. The van der Waals surface area contributed by atoms with E-state index >= 15 is 0 Å². The van der Waals surface area contributed by atoms with E-state index in [0.29, 0.717) is 17.2 Å². The van der Waals surface area contributed by atoms with Gasteiger partial charge in [0, 0.05) is 0 Å². The fraction of sp³-hybridized carbons (Fsp3) is 0.111. The smallest absolute Gasteiger partial charge is 0.393 e. The Morgan fingerprint density at radius 2 is 1.31 bits per heavy atom. The monoisotopic (exact) mass is 353 g/mol. The summed E-state index contributed by atoms with van der Waals surface area (Å²) in [6.07, 6.45) is 1.15. The summed E-state index contributed by atoms with van der Waals surface area (Å²) >= 11 is 0. The Labute approximate surface area is 149 Å². The van der Waals surface area contributed by atoms with Crippen LogP contribution in [0.1, 0.15) is 5.56 Å². The Morgan fingerprint density at radius 3 is 1.77 bits per heavy atom. The molecule has 0 atom stereocenters. The predicted octanol–water partition coefficient (Wildman–Crippen LogP) is 4.29. The second-order valence-electron chi connectivity index (χ2n) is 5.28. The van der Waals surface area contributed by atoms with E-state index in [1.807, 2.05) is 19.1 Å². The molecule has 0 aliphatic carbocycles. The molecule has 1 heterocycles. The molecule has 26 heavy (non-hydrogen) atoms. The quantitative estimate of drug-likeness (QED) is 0.482. The molecule has 1 aromatic heterocycles. The van der Waals surface area contributed by atoms with Crippen LogP contribution in [0.2, 0.25) is 0 Å². The van der Waals surface area contributed by atoms with Crippen LogP contribution in [-0.2, 0) is 0 Å². The van der Waals surface area contributed by atoms with E-state index in [-0.39, 0.29) is 11.8 Å². The number of nitrogens with zero attached hydrogens (tertiary/aromatic N) is 3. The standard InChI is InChI=1S/C18H15N3O5/c1-12-3-5-14(6-4-12)25-17-16(21(22)23)18(20-11-19-17)26-15-9-7-13(24-2)8-10-15/h3-11H,1-2H3. The molecule has 0 amide bonds. The van der Waals surface area contributed by atoms with Crippen molar-refractivity contribution in [2.75, 3.05) is 7.11 Å². The Hall–Kier alpha value is -3.68. The SMILES string of the molecule is COc1ccc(Oc2ncnc(Oc3ccc(C)cc3)c2[N+](=O)[O-])cc1. The van der Waals surface area contributed by atoms with Crippen LogP contribution in [-0.4, -0.2) is 22.0 Å². The molecule has 8 nitrogen and oxygen atoms in total. The highest BCUT2D eigenvalue weighted by atomic mass is 16.6. The van der Waals surface area contributed by atoms with Crippen molar-refractivity contribution in [1.82, 2.24) is 9.97 Å². The van der Waals surface area contributed by atoms with Gasteiger partial charge in [-0.1, -0.05) is 17.7 Å². The van der Waals surface area contributed by atoms with Crippen LogP contribution in [0, 0.1) is 17.0 Å². The molecule has 0 aliphatic heterocycles. The van der Waals surface area contributed by atoms with Crippen molar-refractivity contribution >= 4 is 5.69 Å². The van der Waals surface area contributed by atoms with E-state index in [0.717, 1.165) is 11.9 Å². The van der Waals surface area contributed by atoms with E-state index in [1.54, 1.807) is 43.5 Å². The van der Waals surface area contributed by atoms with Gasteiger partial charge in [0.1, 0.15) is 23.6 Å². The van der Waals surface area contributed by atoms with Gasteiger partial charge in [-0.25, -0.2) is 0 Å². The first-order valence-corrected chi connectivity index (χ1v) is 7.62. The number of methoxy groups -OCH3 is 1. The molecule has 132 valence electrons. The van der Waals surface area contributed by atoms with Gasteiger partial charge in [0.25, 0.3) is 0 Å². The van der Waals surface area contributed by atoms with Crippen LogP contribution in [0.3, 0.4) is 0 Å². The minimum absolute atomic E-state index is 0.197. The second-order valence-corrected chi connectivity index (χ2v) is 5.28. The molecule has 0 bridgehead atoms. The summed E-state index contributed by atoms with van der Waals surface area (Å²) in [5, 5.41) is 11.5. The van der Waals surface area contributed by atoms with E-state index in [4.69, 9.17) is 14.2 Å². The second kappa shape index (κ2) is 7.47. The van der Waals surface area contributed by atoms with E-state index in [1.165, 1.54) is 0 Å². The summed E-state index contributed by atoms with van der Waals surface area (Å²) in [6, 6.07) is 13.6. The normalized spacial score (nSPS) is 10.2. The first-order valence-electron chi connectivity index (χ1n) is 7.62. The molecule has 0 spiro atoms. The molecule has 3 aromatic rings. The fourth-order valence-electron chi connectivity index (χ4n) is 2.13. The van der Waals surface area contributed by atoms with Crippen LogP contribution < -0.4 is 14.2 Å². The highest BCUT2D eigenvalue weighted by molar-refractivity contribution is 5.52. The number of aromatic nitrogens is 2. The Balaban J connectivity index is 1.92. The van der Waals surface area contributed by atoms with Gasteiger partial charge in [-0.15, -0.1) is 0 Å². The number of hydrogen-bond acceptors (Lipinski definition) is 7. The van der Waals surface area contributed by atoms with Crippen molar-refractivity contribution in [2.45, 2.75) is 6.92 Å². The zero-order valence-corrected chi connectivity index (χ0v) is 14.1. The first-order chi connectivity index (χ1) is 12.6. The van der Waals surface area contributed by atoms with Crippen molar-refractivity contribution in [3.05, 3.63) is 70.5 Å². The minimum atomic E-state index is -0.637. The van der Waals surface area contributed by atoms with Crippen molar-refractivity contribution < 1.29 is 19.1 Å². The van der Waals surface area contributed by atoms with E-state index in [2.05, 4.69) is 9.97 Å². The minimum Gasteiger partial charge on any atom is -0.497 e. The predicted molar refractivity (Wildman–Crippen MR) is 93.0 cm³/mol. The summed E-state index contributed by atoms with van der Waals surface area (Å²) < 4.78 is 16.2. The lowest BCUT2D eigenvalue weighted by atomic mass is 10.2. The van der Waals surface area contributed by atoms with Crippen molar-refractivity contribution in [3.63, 3.8) is 0 Å². The van der Waals surface area contributed by atoms with E-state index in [9.17, 15) is 10.1 Å². The molecule has 0 unspecified atom stereocenters. The number of nitro groups is 1. The van der Waals surface area contributed by atoms with Crippen LogP contribution in [0.25, 0.3) is 0 Å². The van der Waals surface area contributed by atoms with Gasteiger partial charge < -0.3 is 14.2 Å². The zero-order chi connectivity index (χ0) is 18.5. The number of hydrogen-bond donors (Lipinski definition) is 0. The molecular formula is C18H15N3O5. The van der Waals surface area contributed by atoms with Crippen molar-refractivity contribution in [1.29, 1.82) is 0 Å². The molecule has 3 rings (SSSR count). The molecule has 0 saturated heterocycles. The largest absolute Gasteiger partial charge is 0.497 e. The fourth-order valence-corrected chi connectivity index (χ4v) is 2.13. The Morgan fingerprint density at radius 1 is 0.846 bits per heavy atom. The topological polar surface area (TPSA) is 96.6 Å². The summed E-state index contributed by atoms with van der Waals surface area (Å²) in [7, 11) is 1.54. The Bertz CT molecular complexity index is 911. The molecule has 2 aromatic carbocycles. The Kier molecular flexibility index (Phi) is 4.93. The lowest BCUT2D eigenvalue weighted by molar-refractivity contribution is -0.387. The first kappa shape index (κ1) is 17.2. The van der Waals surface area contributed by atoms with Crippen molar-refractivity contribution in [3.8, 4) is 29.0 Å². The van der Waals surface area contributed by atoms with Crippen LogP contribution in [0.15, 0.2) is 54.9 Å². The van der Waals surface area contributed by atoms with Gasteiger partial charge in [0.2, 0.25) is 0 Å². The maximum absolute atomic E-state index is 11.5. The van der Waals surface area contributed by atoms with Gasteiger partial charge in [0.05, 0.1) is 12.0 Å². The average molecular weight is 353 g/mol. The van der Waals surface area contributed by atoms with Gasteiger partial charge in [-0.2, -0.15) is 9.97 Å². The lowest BCUT2D eigenvalue weighted by Gasteiger charge is -2.09. The third-order valence-corrected chi connectivity index (χ3v) is 3.45. The van der Waals surface area contributed by atoms with E-state index < -0.39 is 10.6 Å². The summed E-state index contributed by atoms with van der Waals surface area (Å²) in [5.74, 6) is 1.02. The highest BCUT2D eigenvalue weighted by Gasteiger charge is 2.27. The summed E-state index contributed by atoms with van der Waals surface area (Å²) in [5.41, 5.74) is 0.585. The van der Waals surface area contributed by atoms with Gasteiger partial charge >= 0.3 is 17.4 Å². The lowest BCUT2D eigenvalue weighted by Crippen LogP contribution is -2.01. The summed E-state index contributed by atoms with van der Waals surface area (Å²) in [4.78, 5) is 18.6. The molecule has 0 N–H and O–H groups in total. The molecule has 0 saturated carbocycles. The number of ether oxygens (including phenoxy) is 3. The van der Waals surface area contributed by atoms with Gasteiger partial charge in [-0.3, -0.25) is 10.1 Å². The van der Waals surface area contributed by atoms with Crippen LogP contribution >= 0.6 is 0 Å².